The number of hydrogen-bond acceptors (Lipinski definition) is 6. The summed E-state index contributed by atoms with van der Waals surface area (Å²) in [5, 5.41) is 17.2. The SMILES string of the molecule is COc1ccc([C@@H]2Cc3c(cccc3C(F)(F)F)N(CCNCCCNC(=O)CCc3ccc(C(=O)c4ccccc4)cc3)C(=O)[C@@H]2O)cc1. The minimum atomic E-state index is -4.64. The number of benzene rings is 4. The lowest BCUT2D eigenvalue weighted by Gasteiger charge is -2.26. The van der Waals surface area contributed by atoms with Crippen LogP contribution in [-0.4, -0.2) is 62.1 Å². The molecule has 0 unspecified atom stereocenters. The fraction of sp³-hybridized carbons (Fsp3) is 0.308. The molecule has 262 valence electrons. The summed E-state index contributed by atoms with van der Waals surface area (Å²) in [6.07, 6.45) is -4.97. The highest BCUT2D eigenvalue weighted by Gasteiger charge is 2.41. The molecule has 1 aliphatic heterocycles. The van der Waals surface area contributed by atoms with E-state index in [1.54, 1.807) is 48.5 Å². The van der Waals surface area contributed by atoms with Crippen molar-refractivity contribution in [1.82, 2.24) is 10.6 Å². The van der Waals surface area contributed by atoms with Gasteiger partial charge in [0.05, 0.1) is 12.7 Å². The number of nitrogens with one attached hydrogen (secondary N) is 2. The van der Waals surface area contributed by atoms with Crippen molar-refractivity contribution < 1.29 is 37.4 Å². The van der Waals surface area contributed by atoms with Gasteiger partial charge in [0.25, 0.3) is 5.91 Å². The maximum Gasteiger partial charge on any atom is 0.416 e. The van der Waals surface area contributed by atoms with Crippen LogP contribution in [0.2, 0.25) is 0 Å². The Balaban J connectivity index is 1.10. The van der Waals surface area contributed by atoms with Crippen LogP contribution in [0.15, 0.2) is 97.1 Å². The summed E-state index contributed by atoms with van der Waals surface area (Å²) in [4.78, 5) is 39.8. The third-order valence-electron chi connectivity index (χ3n) is 8.87. The van der Waals surface area contributed by atoms with Crippen LogP contribution in [0.4, 0.5) is 18.9 Å². The molecule has 0 saturated carbocycles. The smallest absolute Gasteiger partial charge is 0.416 e. The molecule has 3 N–H and O–H groups in total. The normalized spacial score (nSPS) is 16.0. The number of hydrogen-bond donors (Lipinski definition) is 3. The van der Waals surface area contributed by atoms with Crippen LogP contribution >= 0.6 is 0 Å². The van der Waals surface area contributed by atoms with Crippen molar-refractivity contribution in [2.45, 2.75) is 43.9 Å². The Hall–Kier alpha value is -5.00. The lowest BCUT2D eigenvalue weighted by molar-refractivity contribution is -0.138. The predicted molar refractivity (Wildman–Crippen MR) is 184 cm³/mol. The topological polar surface area (TPSA) is 108 Å². The number of rotatable bonds is 14. The molecule has 1 heterocycles. The molecule has 2 amide bonds. The van der Waals surface area contributed by atoms with Gasteiger partial charge in [0.15, 0.2) is 5.78 Å². The summed E-state index contributed by atoms with van der Waals surface area (Å²) in [5.74, 6) is -1.18. The lowest BCUT2D eigenvalue weighted by Crippen LogP contribution is -2.44. The molecule has 4 aromatic carbocycles. The molecule has 0 fully saturated rings. The van der Waals surface area contributed by atoms with Crippen LogP contribution in [-0.2, 0) is 28.6 Å². The molecule has 0 aromatic heterocycles. The number of amides is 2. The zero-order valence-electron chi connectivity index (χ0n) is 27.7. The van der Waals surface area contributed by atoms with Gasteiger partial charge >= 0.3 is 6.18 Å². The van der Waals surface area contributed by atoms with E-state index in [1.807, 2.05) is 30.3 Å². The third kappa shape index (κ3) is 8.96. The minimum Gasteiger partial charge on any atom is -0.497 e. The van der Waals surface area contributed by atoms with E-state index in [4.69, 9.17) is 4.74 Å². The van der Waals surface area contributed by atoms with Gasteiger partial charge in [0.2, 0.25) is 5.91 Å². The molecular formula is C39H40F3N3O5. The first-order valence-corrected chi connectivity index (χ1v) is 16.6. The highest BCUT2D eigenvalue weighted by atomic mass is 19.4. The zero-order valence-corrected chi connectivity index (χ0v) is 27.7. The van der Waals surface area contributed by atoms with Crippen molar-refractivity contribution >= 4 is 23.3 Å². The summed E-state index contributed by atoms with van der Waals surface area (Å²) in [5.41, 5.74) is 1.94. The van der Waals surface area contributed by atoms with E-state index in [0.29, 0.717) is 48.4 Å². The van der Waals surface area contributed by atoms with Crippen molar-refractivity contribution in [2.75, 3.05) is 38.2 Å². The molecule has 0 spiro atoms. The van der Waals surface area contributed by atoms with Crippen molar-refractivity contribution in [2.24, 2.45) is 0 Å². The average molecular weight is 688 g/mol. The average Bonchev–Trinajstić information content (AvgIpc) is 3.23. The standard InChI is InChI=1S/C39H40F3N3O5/c1-50-30-18-16-27(17-19-30)31-25-32-33(39(40,41)42)9-5-10-34(32)45(38(49)37(31)48)24-23-43-21-6-22-44-35(46)20-13-26-11-14-29(15-12-26)36(47)28-7-3-2-4-8-28/h2-5,7-12,14-19,31,37,43,48H,6,13,20-25H2,1H3,(H,44,46)/t31-,37+/m0/s1. The van der Waals surface area contributed by atoms with Gasteiger partial charge in [-0.05, 0) is 66.8 Å². The molecule has 50 heavy (non-hydrogen) atoms. The van der Waals surface area contributed by atoms with Crippen LogP contribution in [0.3, 0.4) is 0 Å². The highest BCUT2D eigenvalue weighted by molar-refractivity contribution is 6.09. The van der Waals surface area contributed by atoms with E-state index in [9.17, 15) is 32.7 Å². The fourth-order valence-electron chi connectivity index (χ4n) is 6.15. The van der Waals surface area contributed by atoms with Crippen molar-refractivity contribution in [3.8, 4) is 5.75 Å². The summed E-state index contributed by atoms with van der Waals surface area (Å²) in [6, 6.07) is 26.6. The van der Waals surface area contributed by atoms with Crippen molar-refractivity contribution in [3.63, 3.8) is 0 Å². The monoisotopic (exact) mass is 687 g/mol. The molecular weight excluding hydrogens is 647 g/mol. The van der Waals surface area contributed by atoms with Gasteiger partial charge in [-0.3, -0.25) is 14.4 Å². The van der Waals surface area contributed by atoms with Crippen LogP contribution in [0.25, 0.3) is 0 Å². The molecule has 0 radical (unpaired) electrons. The van der Waals surface area contributed by atoms with Crippen molar-refractivity contribution in [3.05, 3.63) is 130 Å². The minimum absolute atomic E-state index is 0.0370. The Bertz CT molecular complexity index is 1760. The fourth-order valence-corrected chi connectivity index (χ4v) is 6.15. The summed E-state index contributed by atoms with van der Waals surface area (Å²) >= 11 is 0. The number of methoxy groups -OCH3 is 1. The predicted octanol–water partition coefficient (Wildman–Crippen LogP) is 5.71. The Kier molecular flexibility index (Phi) is 12.0. The zero-order chi connectivity index (χ0) is 35.7. The number of aliphatic hydroxyl groups excluding tert-OH is 1. The molecule has 0 saturated heterocycles. The second kappa shape index (κ2) is 16.6. The molecule has 4 aromatic rings. The van der Waals surface area contributed by atoms with E-state index < -0.39 is 29.7 Å². The van der Waals surface area contributed by atoms with Crippen LogP contribution < -0.4 is 20.3 Å². The van der Waals surface area contributed by atoms with Gasteiger partial charge < -0.3 is 25.4 Å². The van der Waals surface area contributed by atoms with Gasteiger partial charge in [0, 0.05) is 48.8 Å². The molecule has 2 atom stereocenters. The number of anilines is 1. The van der Waals surface area contributed by atoms with Crippen LogP contribution in [0.1, 0.15) is 56.9 Å². The molecule has 0 aliphatic carbocycles. The number of nitrogens with zero attached hydrogens (tertiary/aromatic N) is 1. The van der Waals surface area contributed by atoms with Gasteiger partial charge in [-0.15, -0.1) is 0 Å². The first-order chi connectivity index (χ1) is 24.1. The molecule has 5 rings (SSSR count). The Morgan fingerprint density at radius 1 is 0.880 bits per heavy atom. The number of carbonyl (C=O) groups is 3. The van der Waals surface area contributed by atoms with E-state index in [0.717, 1.165) is 11.6 Å². The maximum absolute atomic E-state index is 14.1. The number of ketones is 1. The largest absolute Gasteiger partial charge is 0.497 e. The first-order valence-electron chi connectivity index (χ1n) is 16.6. The van der Waals surface area contributed by atoms with Crippen molar-refractivity contribution in [1.29, 1.82) is 0 Å². The molecule has 1 aliphatic rings. The van der Waals surface area contributed by atoms with Gasteiger partial charge in [0.1, 0.15) is 11.9 Å². The van der Waals surface area contributed by atoms with E-state index >= 15 is 0 Å². The highest BCUT2D eigenvalue weighted by Crippen LogP contribution is 2.42. The number of aliphatic hydroxyl groups is 1. The van der Waals surface area contributed by atoms with Gasteiger partial charge in [-0.2, -0.15) is 13.2 Å². The lowest BCUT2D eigenvalue weighted by atomic mass is 9.86. The molecule has 8 nitrogen and oxygen atoms in total. The number of ether oxygens (including phenoxy) is 1. The second-order valence-corrected chi connectivity index (χ2v) is 12.2. The van der Waals surface area contributed by atoms with Gasteiger partial charge in [-0.25, -0.2) is 0 Å². The summed E-state index contributed by atoms with van der Waals surface area (Å²) < 4.78 is 47.6. The van der Waals surface area contributed by atoms with E-state index in [2.05, 4.69) is 10.6 Å². The summed E-state index contributed by atoms with van der Waals surface area (Å²) in [6.45, 7) is 1.21. The number of fused-ring (bicyclic) bond motifs is 1. The van der Waals surface area contributed by atoms with E-state index in [-0.39, 0.29) is 48.9 Å². The van der Waals surface area contributed by atoms with E-state index in [1.165, 1.54) is 24.1 Å². The number of alkyl halides is 3. The summed E-state index contributed by atoms with van der Waals surface area (Å²) in [7, 11) is 1.49. The Morgan fingerprint density at radius 2 is 1.58 bits per heavy atom. The molecule has 11 heteroatoms. The number of carbonyl (C=O) groups excluding carboxylic acids is 3. The second-order valence-electron chi connectivity index (χ2n) is 12.2. The quantitative estimate of drug-likeness (QED) is 0.116. The first kappa shape index (κ1) is 36.3. The third-order valence-corrected chi connectivity index (χ3v) is 8.87. The van der Waals surface area contributed by atoms with Crippen LogP contribution in [0.5, 0.6) is 5.75 Å². The van der Waals surface area contributed by atoms with Gasteiger partial charge in [-0.1, -0.05) is 72.8 Å². The number of halogens is 3. The maximum atomic E-state index is 14.1. The number of aryl methyl sites for hydroxylation is 1. The Morgan fingerprint density at radius 3 is 2.26 bits per heavy atom. The Labute approximate surface area is 289 Å². The molecule has 0 bridgehead atoms. The van der Waals surface area contributed by atoms with Crippen LogP contribution in [0, 0.1) is 0 Å².